The predicted octanol–water partition coefficient (Wildman–Crippen LogP) is 2.11. The molecule has 1 aromatic heterocycles. The number of nitrogens with zero attached hydrogens (tertiary/aromatic N) is 3. The lowest BCUT2D eigenvalue weighted by Gasteiger charge is -2.43. The van der Waals surface area contributed by atoms with Crippen molar-refractivity contribution in [2.45, 2.75) is 64.2 Å². The van der Waals surface area contributed by atoms with Gasteiger partial charge in [0.15, 0.2) is 5.69 Å². The van der Waals surface area contributed by atoms with Crippen molar-refractivity contribution in [3.63, 3.8) is 0 Å². The second-order valence-electron chi connectivity index (χ2n) is 8.85. The first-order chi connectivity index (χ1) is 15.9. The fourth-order valence-corrected chi connectivity index (χ4v) is 4.77. The van der Waals surface area contributed by atoms with Gasteiger partial charge in [-0.25, -0.2) is 0 Å². The maximum absolute atomic E-state index is 13.2. The first-order valence-electron chi connectivity index (χ1n) is 11.5. The number of fused-ring (bicyclic) bond motifs is 1. The highest BCUT2D eigenvalue weighted by molar-refractivity contribution is 6.01. The molecule has 1 aliphatic heterocycles. The summed E-state index contributed by atoms with van der Waals surface area (Å²) < 4.78 is 6.81. The smallest absolute Gasteiger partial charge is 0.273 e. The lowest BCUT2D eigenvalue weighted by Crippen LogP contribution is -2.64. The minimum absolute atomic E-state index is 0.143. The van der Waals surface area contributed by atoms with Crippen LogP contribution in [0.5, 0.6) is 5.75 Å². The number of methoxy groups -OCH3 is 1. The van der Waals surface area contributed by atoms with Crippen molar-refractivity contribution < 1.29 is 19.1 Å². The Labute approximate surface area is 193 Å². The van der Waals surface area contributed by atoms with E-state index in [2.05, 4.69) is 15.7 Å². The first-order valence-corrected chi connectivity index (χ1v) is 11.5. The van der Waals surface area contributed by atoms with E-state index in [9.17, 15) is 14.4 Å². The molecular formula is C24H31N5O4. The van der Waals surface area contributed by atoms with Crippen LogP contribution in [0, 0.1) is 0 Å². The molecule has 0 unspecified atom stereocenters. The number of carbonyl (C=O) groups excluding carboxylic acids is 3. The number of likely N-dealkylation sites (N-methyl/N-ethyl adjacent to an activating group) is 1. The van der Waals surface area contributed by atoms with E-state index in [1.54, 1.807) is 18.9 Å². The number of rotatable bonds is 7. The van der Waals surface area contributed by atoms with E-state index >= 15 is 0 Å². The van der Waals surface area contributed by atoms with Crippen molar-refractivity contribution >= 4 is 17.7 Å². The van der Waals surface area contributed by atoms with Gasteiger partial charge in [0.05, 0.1) is 13.7 Å². The largest absolute Gasteiger partial charge is 0.496 e. The molecule has 2 N–H and O–H groups in total. The van der Waals surface area contributed by atoms with Gasteiger partial charge in [0.1, 0.15) is 17.0 Å². The molecule has 1 aliphatic carbocycles. The summed E-state index contributed by atoms with van der Waals surface area (Å²) in [5.41, 5.74) is 0.218. The highest BCUT2D eigenvalue weighted by atomic mass is 16.5. The zero-order valence-corrected chi connectivity index (χ0v) is 19.4. The SMILES string of the molecule is CCN1C(=O)c2cc(C(=O)NCc3ccccc3OC)nn2C[C@]1(C)C(=O)NC1CCCC1. The van der Waals surface area contributed by atoms with E-state index in [-0.39, 0.29) is 36.6 Å². The van der Waals surface area contributed by atoms with Gasteiger partial charge in [0.25, 0.3) is 11.8 Å². The van der Waals surface area contributed by atoms with Gasteiger partial charge in [-0.2, -0.15) is 5.10 Å². The van der Waals surface area contributed by atoms with Crippen molar-refractivity contribution in [3.05, 3.63) is 47.3 Å². The van der Waals surface area contributed by atoms with E-state index in [1.165, 1.54) is 10.7 Å². The topological polar surface area (TPSA) is 106 Å². The number of hydrogen-bond acceptors (Lipinski definition) is 5. The zero-order valence-electron chi connectivity index (χ0n) is 19.4. The van der Waals surface area contributed by atoms with Crippen molar-refractivity contribution in [1.29, 1.82) is 0 Å². The third kappa shape index (κ3) is 4.31. The Balaban J connectivity index is 1.52. The van der Waals surface area contributed by atoms with E-state index in [4.69, 9.17) is 4.74 Å². The lowest BCUT2D eigenvalue weighted by molar-refractivity contribution is -0.133. The van der Waals surface area contributed by atoms with Gasteiger partial charge >= 0.3 is 0 Å². The van der Waals surface area contributed by atoms with Crippen LogP contribution in [-0.4, -0.2) is 57.6 Å². The Hall–Kier alpha value is -3.36. The molecule has 0 spiro atoms. The normalized spacial score (nSPS) is 20.5. The summed E-state index contributed by atoms with van der Waals surface area (Å²) in [6.07, 6.45) is 4.14. The van der Waals surface area contributed by atoms with Crippen LogP contribution in [0.3, 0.4) is 0 Å². The van der Waals surface area contributed by atoms with Crippen molar-refractivity contribution in [2.75, 3.05) is 13.7 Å². The average molecular weight is 454 g/mol. The number of carbonyl (C=O) groups is 3. The average Bonchev–Trinajstić information content (AvgIpc) is 3.48. The summed E-state index contributed by atoms with van der Waals surface area (Å²) in [4.78, 5) is 40.8. The highest BCUT2D eigenvalue weighted by Crippen LogP contribution is 2.28. The first kappa shape index (κ1) is 22.8. The van der Waals surface area contributed by atoms with Gasteiger partial charge < -0.3 is 20.3 Å². The van der Waals surface area contributed by atoms with Crippen LogP contribution in [0.1, 0.15) is 66.1 Å². The number of ether oxygens (including phenoxy) is 1. The number of hydrogen-bond donors (Lipinski definition) is 2. The molecule has 9 heteroatoms. The Morgan fingerprint density at radius 1 is 1.24 bits per heavy atom. The number of para-hydroxylation sites is 1. The van der Waals surface area contributed by atoms with E-state index in [0.29, 0.717) is 18.0 Å². The third-order valence-corrected chi connectivity index (χ3v) is 6.66. The number of benzene rings is 1. The van der Waals surface area contributed by atoms with E-state index in [1.807, 2.05) is 31.2 Å². The summed E-state index contributed by atoms with van der Waals surface area (Å²) in [5, 5.41) is 10.3. The monoisotopic (exact) mass is 453 g/mol. The van der Waals surface area contributed by atoms with Crippen LogP contribution in [0.15, 0.2) is 30.3 Å². The number of nitrogens with one attached hydrogen (secondary N) is 2. The standard InChI is InChI=1S/C24H31N5O4/c1-4-28-22(31)19-13-18(21(30)25-14-16-9-5-8-12-20(16)33-3)27-29(19)15-24(28,2)23(32)26-17-10-6-7-11-17/h5,8-9,12-13,17H,4,6-7,10-11,14-15H2,1-3H3,(H,25,30)(H,26,32)/t24-/m1/s1. The second kappa shape index (κ2) is 9.25. The number of amides is 3. The molecule has 2 aromatic rings. The minimum Gasteiger partial charge on any atom is -0.496 e. The summed E-state index contributed by atoms with van der Waals surface area (Å²) in [6, 6.07) is 9.07. The van der Waals surface area contributed by atoms with Crippen molar-refractivity contribution in [2.24, 2.45) is 0 Å². The predicted molar refractivity (Wildman–Crippen MR) is 122 cm³/mol. The van der Waals surface area contributed by atoms with E-state index in [0.717, 1.165) is 31.2 Å². The summed E-state index contributed by atoms with van der Waals surface area (Å²) in [7, 11) is 1.58. The van der Waals surface area contributed by atoms with Gasteiger partial charge in [-0.3, -0.25) is 19.1 Å². The van der Waals surface area contributed by atoms with Crippen LogP contribution >= 0.6 is 0 Å². The molecule has 2 heterocycles. The van der Waals surface area contributed by atoms with Crippen LogP contribution in [0.25, 0.3) is 0 Å². The molecule has 9 nitrogen and oxygen atoms in total. The Bertz CT molecular complexity index is 1060. The molecule has 2 aliphatic rings. The van der Waals surface area contributed by atoms with Gasteiger partial charge in [-0.1, -0.05) is 31.0 Å². The third-order valence-electron chi connectivity index (χ3n) is 6.66. The molecule has 1 fully saturated rings. The highest BCUT2D eigenvalue weighted by Gasteiger charge is 2.48. The molecular weight excluding hydrogens is 422 g/mol. The van der Waals surface area contributed by atoms with Crippen LogP contribution in [-0.2, 0) is 17.9 Å². The Kier molecular flexibility index (Phi) is 6.40. The van der Waals surface area contributed by atoms with Crippen molar-refractivity contribution in [1.82, 2.24) is 25.3 Å². The maximum Gasteiger partial charge on any atom is 0.273 e. The van der Waals surface area contributed by atoms with Gasteiger partial charge in [-0.05, 0) is 32.8 Å². The molecule has 1 atom stereocenters. The molecule has 0 radical (unpaired) electrons. The molecule has 0 bridgehead atoms. The number of aromatic nitrogens is 2. The molecule has 3 amide bonds. The summed E-state index contributed by atoms with van der Waals surface area (Å²) >= 11 is 0. The Morgan fingerprint density at radius 2 is 1.97 bits per heavy atom. The van der Waals surface area contributed by atoms with Crippen LogP contribution in [0.2, 0.25) is 0 Å². The van der Waals surface area contributed by atoms with Gasteiger partial charge in [0, 0.05) is 30.8 Å². The molecule has 1 saturated carbocycles. The van der Waals surface area contributed by atoms with Crippen molar-refractivity contribution in [3.8, 4) is 5.75 Å². The van der Waals surface area contributed by atoms with Gasteiger partial charge in [-0.15, -0.1) is 0 Å². The van der Waals surface area contributed by atoms with Crippen LogP contribution < -0.4 is 15.4 Å². The minimum atomic E-state index is -1.07. The fourth-order valence-electron chi connectivity index (χ4n) is 4.77. The molecule has 176 valence electrons. The fraction of sp³-hybridized carbons (Fsp3) is 0.500. The molecule has 4 rings (SSSR count). The molecule has 33 heavy (non-hydrogen) atoms. The zero-order chi connectivity index (χ0) is 23.6. The molecule has 0 saturated heterocycles. The van der Waals surface area contributed by atoms with E-state index < -0.39 is 11.4 Å². The molecule has 1 aromatic carbocycles. The van der Waals surface area contributed by atoms with Crippen LogP contribution in [0.4, 0.5) is 0 Å². The maximum atomic E-state index is 13.2. The Morgan fingerprint density at radius 3 is 2.67 bits per heavy atom. The quantitative estimate of drug-likeness (QED) is 0.668. The summed E-state index contributed by atoms with van der Waals surface area (Å²) in [5.74, 6) is -0.187. The lowest BCUT2D eigenvalue weighted by atomic mass is 9.94. The van der Waals surface area contributed by atoms with Gasteiger partial charge in [0.2, 0.25) is 5.91 Å². The second-order valence-corrected chi connectivity index (χ2v) is 8.85. The summed E-state index contributed by atoms with van der Waals surface area (Å²) in [6.45, 7) is 4.46.